The minimum Gasteiger partial charge on any atom is -0.403 e. The summed E-state index contributed by atoms with van der Waals surface area (Å²) in [5, 5.41) is 0. The van der Waals surface area contributed by atoms with Crippen molar-refractivity contribution in [1.82, 2.24) is 0 Å². The van der Waals surface area contributed by atoms with Crippen LogP contribution in [-0.4, -0.2) is 12.5 Å². The molecule has 2 N–H and O–H groups in total. The molecule has 0 fully saturated rings. The number of hydrogen-bond acceptors (Lipinski definition) is 2. The van der Waals surface area contributed by atoms with Crippen molar-refractivity contribution in [1.29, 1.82) is 0 Å². The highest BCUT2D eigenvalue weighted by atomic mass is 19.4. The van der Waals surface area contributed by atoms with Crippen LogP contribution in [0.4, 0.5) is 30.7 Å². The quantitative estimate of drug-likeness (QED) is 0.851. The molecule has 0 unspecified atom stereocenters. The molecule has 0 aliphatic heterocycles. The number of nitrogens with two attached hydrogens (primary N) is 1. The second-order valence-electron chi connectivity index (χ2n) is 4.00. The molecule has 0 aliphatic rings. The van der Waals surface area contributed by atoms with Gasteiger partial charge in [0.05, 0.1) is 0 Å². The average Bonchev–Trinajstić information content (AvgIpc) is 2.26. The molecule has 0 heterocycles. The molecule has 0 aromatic heterocycles. The van der Waals surface area contributed by atoms with Crippen LogP contribution < -0.4 is 10.5 Å². The first-order valence-electron chi connectivity index (χ1n) is 5.35. The molecule has 1 aromatic carbocycles. The van der Waals surface area contributed by atoms with Crippen molar-refractivity contribution in [2.75, 3.05) is 0 Å². The second kappa shape index (κ2) is 5.86. The predicted molar refractivity (Wildman–Crippen MR) is 55.3 cm³/mol. The van der Waals surface area contributed by atoms with Crippen molar-refractivity contribution in [2.45, 2.75) is 31.4 Å². The van der Waals surface area contributed by atoms with Crippen LogP contribution in [0.1, 0.15) is 24.4 Å². The monoisotopic (exact) mass is 305 g/mol. The third-order valence-corrected chi connectivity index (χ3v) is 2.35. The summed E-state index contributed by atoms with van der Waals surface area (Å²) in [6, 6.07) is 1.16. The lowest BCUT2D eigenvalue weighted by molar-refractivity contribution is -0.275. The zero-order chi connectivity index (χ0) is 15.6. The van der Waals surface area contributed by atoms with Gasteiger partial charge in [-0.3, -0.25) is 0 Å². The van der Waals surface area contributed by atoms with Gasteiger partial charge in [-0.15, -0.1) is 13.2 Å². The summed E-state index contributed by atoms with van der Waals surface area (Å²) in [4.78, 5) is 0. The van der Waals surface area contributed by atoms with E-state index in [-0.39, 0.29) is 5.56 Å². The summed E-state index contributed by atoms with van der Waals surface area (Å²) in [6.45, 7) is 0. The lowest BCUT2D eigenvalue weighted by Gasteiger charge is -2.15. The molecule has 1 aromatic rings. The second-order valence-corrected chi connectivity index (χ2v) is 4.00. The Morgan fingerprint density at radius 1 is 1.10 bits per heavy atom. The van der Waals surface area contributed by atoms with E-state index in [2.05, 4.69) is 4.74 Å². The molecule has 0 bridgehead atoms. The maximum atomic E-state index is 13.3. The summed E-state index contributed by atoms with van der Waals surface area (Å²) >= 11 is 0. The smallest absolute Gasteiger partial charge is 0.403 e. The van der Waals surface area contributed by atoms with Crippen LogP contribution in [0, 0.1) is 5.82 Å². The lowest BCUT2D eigenvalue weighted by atomic mass is 10.0. The normalized spacial score (nSPS) is 14.2. The summed E-state index contributed by atoms with van der Waals surface area (Å²) in [7, 11) is 0. The van der Waals surface area contributed by atoms with Crippen LogP contribution in [0.15, 0.2) is 18.2 Å². The van der Waals surface area contributed by atoms with E-state index in [1.165, 1.54) is 0 Å². The van der Waals surface area contributed by atoms with Gasteiger partial charge in [0.15, 0.2) is 11.6 Å². The molecule has 0 aliphatic carbocycles. The zero-order valence-electron chi connectivity index (χ0n) is 9.85. The van der Waals surface area contributed by atoms with Crippen molar-refractivity contribution < 1.29 is 35.5 Å². The van der Waals surface area contributed by atoms with E-state index in [1.54, 1.807) is 0 Å². The van der Waals surface area contributed by atoms with Gasteiger partial charge in [-0.2, -0.15) is 13.2 Å². The molecule has 0 amide bonds. The first kappa shape index (κ1) is 16.5. The first-order valence-corrected chi connectivity index (χ1v) is 5.35. The van der Waals surface area contributed by atoms with Gasteiger partial charge in [0.25, 0.3) is 0 Å². The molecule has 0 saturated heterocycles. The van der Waals surface area contributed by atoms with Crippen molar-refractivity contribution in [3.63, 3.8) is 0 Å². The molecule has 2 nitrogen and oxygen atoms in total. The molecule has 114 valence electrons. The van der Waals surface area contributed by atoms with Crippen LogP contribution in [0.3, 0.4) is 0 Å². The van der Waals surface area contributed by atoms with Crippen LogP contribution in [0.25, 0.3) is 0 Å². The van der Waals surface area contributed by atoms with Crippen LogP contribution >= 0.6 is 0 Å². The van der Waals surface area contributed by atoms with Crippen LogP contribution in [-0.2, 0) is 0 Å². The molecule has 0 radical (unpaired) electrons. The molecule has 0 saturated carbocycles. The third-order valence-electron chi connectivity index (χ3n) is 2.35. The van der Waals surface area contributed by atoms with Gasteiger partial charge in [0.2, 0.25) is 0 Å². The number of ether oxygens (including phenoxy) is 1. The summed E-state index contributed by atoms with van der Waals surface area (Å²) in [5.41, 5.74) is 5.38. The largest absolute Gasteiger partial charge is 0.573 e. The number of rotatable bonds is 4. The van der Waals surface area contributed by atoms with Gasteiger partial charge >= 0.3 is 12.5 Å². The topological polar surface area (TPSA) is 35.2 Å². The molecular weight excluding hydrogens is 295 g/mol. The molecule has 1 rings (SSSR count). The number of alkyl halides is 6. The van der Waals surface area contributed by atoms with E-state index in [4.69, 9.17) is 5.73 Å². The van der Waals surface area contributed by atoms with Gasteiger partial charge < -0.3 is 10.5 Å². The molecular formula is C11H10F7NO. The van der Waals surface area contributed by atoms with E-state index < -0.39 is 43.0 Å². The van der Waals surface area contributed by atoms with E-state index in [0.717, 1.165) is 6.07 Å². The Kier molecular flexibility index (Phi) is 4.85. The molecule has 0 spiro atoms. The van der Waals surface area contributed by atoms with Gasteiger partial charge in [-0.1, -0.05) is 6.07 Å². The Morgan fingerprint density at radius 2 is 1.70 bits per heavy atom. The number of benzene rings is 1. The Balaban J connectivity index is 2.76. The van der Waals surface area contributed by atoms with Gasteiger partial charge in [-0.25, -0.2) is 4.39 Å². The van der Waals surface area contributed by atoms with E-state index in [1.807, 2.05) is 0 Å². The van der Waals surface area contributed by atoms with Gasteiger partial charge in [0, 0.05) is 12.5 Å². The minimum atomic E-state index is -5.05. The maximum Gasteiger partial charge on any atom is 0.573 e. The zero-order valence-corrected chi connectivity index (χ0v) is 9.85. The standard InChI is InChI=1S/C11H10F7NO/c12-7-5-6(8(19)3-4-10(13,14)15)1-2-9(7)20-11(16,17)18/h1-2,5,8H,3-4,19H2/t8-/m1/s1. The summed E-state index contributed by atoms with van der Waals surface area (Å²) in [5.74, 6) is -2.41. The fourth-order valence-corrected chi connectivity index (χ4v) is 1.44. The highest BCUT2D eigenvalue weighted by molar-refractivity contribution is 5.31. The molecule has 1 atom stereocenters. The molecule has 9 heteroatoms. The number of halogens is 7. The van der Waals surface area contributed by atoms with E-state index >= 15 is 0 Å². The molecule has 20 heavy (non-hydrogen) atoms. The van der Waals surface area contributed by atoms with Crippen molar-refractivity contribution in [3.05, 3.63) is 29.6 Å². The Bertz CT molecular complexity index is 455. The van der Waals surface area contributed by atoms with Crippen LogP contribution in [0.2, 0.25) is 0 Å². The van der Waals surface area contributed by atoms with Gasteiger partial charge in [-0.05, 0) is 24.1 Å². The Morgan fingerprint density at radius 3 is 2.15 bits per heavy atom. The maximum absolute atomic E-state index is 13.3. The minimum absolute atomic E-state index is 0.0405. The lowest BCUT2D eigenvalue weighted by Crippen LogP contribution is -2.19. The fourth-order valence-electron chi connectivity index (χ4n) is 1.44. The predicted octanol–water partition coefficient (Wildman–Crippen LogP) is 4.07. The highest BCUT2D eigenvalue weighted by Crippen LogP contribution is 2.30. The highest BCUT2D eigenvalue weighted by Gasteiger charge is 2.32. The summed E-state index contributed by atoms with van der Waals surface area (Å²) < 4.78 is 88.3. The van der Waals surface area contributed by atoms with Crippen LogP contribution in [0.5, 0.6) is 5.75 Å². The SMILES string of the molecule is N[C@H](CCC(F)(F)F)c1ccc(OC(F)(F)F)c(F)c1. The Hall–Kier alpha value is -1.51. The van der Waals surface area contributed by atoms with E-state index in [9.17, 15) is 30.7 Å². The van der Waals surface area contributed by atoms with Crippen molar-refractivity contribution in [2.24, 2.45) is 5.73 Å². The summed E-state index contributed by atoms with van der Waals surface area (Å²) in [6.07, 6.45) is -11.1. The van der Waals surface area contributed by atoms with Gasteiger partial charge in [0.1, 0.15) is 0 Å². The Labute approximate surface area is 109 Å². The fraction of sp³-hybridized carbons (Fsp3) is 0.455. The van der Waals surface area contributed by atoms with Crippen molar-refractivity contribution in [3.8, 4) is 5.75 Å². The first-order chi connectivity index (χ1) is 8.98. The third kappa shape index (κ3) is 5.64. The van der Waals surface area contributed by atoms with Crippen molar-refractivity contribution >= 4 is 0 Å². The average molecular weight is 305 g/mol. The number of hydrogen-bond donors (Lipinski definition) is 1. The van der Waals surface area contributed by atoms with E-state index in [0.29, 0.717) is 12.1 Å².